The van der Waals surface area contributed by atoms with E-state index in [1.807, 2.05) is 12.1 Å². The fourth-order valence-corrected chi connectivity index (χ4v) is 3.43. The lowest BCUT2D eigenvalue weighted by Crippen LogP contribution is -2.47. The third-order valence-electron chi connectivity index (χ3n) is 4.47. The lowest BCUT2D eigenvalue weighted by molar-refractivity contribution is 0.0213. The number of ether oxygens (including phenoxy) is 1. The maximum atomic E-state index is 13.2. The van der Waals surface area contributed by atoms with Gasteiger partial charge in [0.1, 0.15) is 5.82 Å². The second-order valence-electron chi connectivity index (χ2n) is 5.73. The Kier molecular flexibility index (Phi) is 8.65. The molecule has 2 aliphatic rings. The molecular weight excluding hydrogens is 326 g/mol. The number of hydrogen-bond donors (Lipinski definition) is 1. The first-order valence-electron chi connectivity index (χ1n) is 7.62. The van der Waals surface area contributed by atoms with Crippen molar-refractivity contribution < 1.29 is 9.13 Å². The van der Waals surface area contributed by atoms with Crippen LogP contribution >= 0.6 is 24.8 Å². The third kappa shape index (κ3) is 4.80. The predicted molar refractivity (Wildman–Crippen MR) is 91.6 cm³/mol. The molecule has 1 aromatic rings. The molecule has 22 heavy (non-hydrogen) atoms. The molecule has 0 bridgehead atoms. The summed E-state index contributed by atoms with van der Waals surface area (Å²) < 4.78 is 18.7. The number of piperazine rings is 1. The molecule has 0 saturated carbocycles. The van der Waals surface area contributed by atoms with Crippen molar-refractivity contribution in [2.45, 2.75) is 18.9 Å². The van der Waals surface area contributed by atoms with Gasteiger partial charge in [-0.1, -0.05) is 12.1 Å². The maximum Gasteiger partial charge on any atom is 0.123 e. The molecule has 0 amide bonds. The number of nitrogens with one attached hydrogen (secondary N) is 1. The molecule has 2 fully saturated rings. The fraction of sp³-hybridized carbons (Fsp3) is 0.625. The van der Waals surface area contributed by atoms with Crippen LogP contribution in [0.2, 0.25) is 0 Å². The molecule has 0 aliphatic carbocycles. The maximum absolute atomic E-state index is 13.2. The number of benzene rings is 1. The lowest BCUT2D eigenvalue weighted by Gasteiger charge is -2.41. The van der Waals surface area contributed by atoms with Gasteiger partial charge in [0.25, 0.3) is 0 Å². The summed E-state index contributed by atoms with van der Waals surface area (Å²) in [5.74, 6) is 0.465. The van der Waals surface area contributed by atoms with Crippen LogP contribution in [0.4, 0.5) is 4.39 Å². The highest BCUT2D eigenvalue weighted by molar-refractivity contribution is 5.85. The van der Waals surface area contributed by atoms with Gasteiger partial charge >= 0.3 is 0 Å². The van der Waals surface area contributed by atoms with Crippen molar-refractivity contribution in [2.24, 2.45) is 5.92 Å². The van der Waals surface area contributed by atoms with E-state index >= 15 is 0 Å². The number of nitrogens with zero attached hydrogens (tertiary/aromatic N) is 1. The quantitative estimate of drug-likeness (QED) is 0.906. The van der Waals surface area contributed by atoms with E-state index in [1.54, 1.807) is 12.1 Å². The minimum Gasteiger partial charge on any atom is -0.381 e. The Hall–Kier alpha value is -0.390. The Morgan fingerprint density at radius 1 is 1.05 bits per heavy atom. The third-order valence-corrected chi connectivity index (χ3v) is 4.47. The van der Waals surface area contributed by atoms with Gasteiger partial charge in [0, 0.05) is 45.4 Å². The first-order chi connectivity index (χ1) is 9.84. The van der Waals surface area contributed by atoms with Gasteiger partial charge < -0.3 is 10.1 Å². The van der Waals surface area contributed by atoms with Crippen LogP contribution in [0.15, 0.2) is 24.3 Å². The van der Waals surface area contributed by atoms with Crippen molar-refractivity contribution in [3.05, 3.63) is 35.6 Å². The van der Waals surface area contributed by atoms with Crippen LogP contribution in [-0.2, 0) is 4.74 Å². The van der Waals surface area contributed by atoms with Crippen molar-refractivity contribution in [2.75, 3.05) is 39.4 Å². The van der Waals surface area contributed by atoms with Gasteiger partial charge in [0.05, 0.1) is 0 Å². The molecule has 6 heteroatoms. The molecule has 3 nitrogen and oxygen atoms in total. The summed E-state index contributed by atoms with van der Waals surface area (Å²) in [6.45, 7) is 5.93. The Morgan fingerprint density at radius 3 is 2.23 bits per heavy atom. The molecule has 1 N–H and O–H groups in total. The van der Waals surface area contributed by atoms with Gasteiger partial charge in [0.15, 0.2) is 0 Å². The van der Waals surface area contributed by atoms with Crippen molar-refractivity contribution in [1.29, 1.82) is 0 Å². The van der Waals surface area contributed by atoms with E-state index < -0.39 is 0 Å². The first-order valence-corrected chi connectivity index (χ1v) is 7.62. The van der Waals surface area contributed by atoms with E-state index in [0.717, 1.165) is 52.2 Å². The molecular formula is C16H25Cl2FN2O. The van der Waals surface area contributed by atoms with E-state index in [9.17, 15) is 4.39 Å². The van der Waals surface area contributed by atoms with Crippen LogP contribution in [0.25, 0.3) is 0 Å². The zero-order chi connectivity index (χ0) is 13.8. The van der Waals surface area contributed by atoms with Crippen molar-refractivity contribution in [3.63, 3.8) is 0 Å². The predicted octanol–water partition coefficient (Wildman–Crippen LogP) is 3.04. The highest BCUT2D eigenvalue weighted by atomic mass is 35.5. The average molecular weight is 351 g/mol. The number of halogens is 3. The van der Waals surface area contributed by atoms with E-state index in [0.29, 0.717) is 12.0 Å². The zero-order valence-electron chi connectivity index (χ0n) is 12.7. The van der Waals surface area contributed by atoms with Crippen LogP contribution in [0.1, 0.15) is 24.4 Å². The molecule has 3 rings (SSSR count). The highest BCUT2D eigenvalue weighted by Crippen LogP contribution is 2.35. The molecule has 2 saturated heterocycles. The molecule has 0 unspecified atom stereocenters. The summed E-state index contributed by atoms with van der Waals surface area (Å²) in [5.41, 5.74) is 1.25. The van der Waals surface area contributed by atoms with Gasteiger partial charge in [-0.2, -0.15) is 0 Å². The van der Waals surface area contributed by atoms with E-state index in [4.69, 9.17) is 4.74 Å². The number of hydrogen-bond acceptors (Lipinski definition) is 3. The average Bonchev–Trinajstić information content (AvgIpc) is 2.52. The standard InChI is InChI=1S/C16H23FN2O.2ClH/c17-15-3-1-13(2-4-15)16(14-5-11-20-12-6-14)19-9-7-18-8-10-19;;/h1-4,14,16,18H,5-12H2;2*1H/t16-;;/m0../s1. The van der Waals surface area contributed by atoms with Gasteiger partial charge in [-0.05, 0) is 36.5 Å². The normalized spacial score (nSPS) is 21.5. The van der Waals surface area contributed by atoms with Crippen LogP contribution in [-0.4, -0.2) is 44.3 Å². The second-order valence-corrected chi connectivity index (χ2v) is 5.73. The molecule has 1 atom stereocenters. The minimum absolute atomic E-state index is 0. The minimum atomic E-state index is -0.153. The highest BCUT2D eigenvalue weighted by Gasteiger charge is 2.31. The molecule has 0 spiro atoms. The van der Waals surface area contributed by atoms with Gasteiger partial charge in [-0.25, -0.2) is 4.39 Å². The van der Waals surface area contributed by atoms with Crippen molar-refractivity contribution in [3.8, 4) is 0 Å². The summed E-state index contributed by atoms with van der Waals surface area (Å²) >= 11 is 0. The zero-order valence-corrected chi connectivity index (χ0v) is 14.3. The van der Waals surface area contributed by atoms with E-state index in [1.165, 1.54) is 5.56 Å². The van der Waals surface area contributed by atoms with Gasteiger partial charge in [-0.3, -0.25) is 4.90 Å². The Labute approximate surface area is 144 Å². The summed E-state index contributed by atoms with van der Waals surface area (Å²) in [6, 6.07) is 7.49. The second kappa shape index (κ2) is 9.68. The summed E-state index contributed by atoms with van der Waals surface area (Å²) in [6.07, 6.45) is 2.21. The largest absolute Gasteiger partial charge is 0.381 e. The SMILES string of the molecule is Cl.Cl.Fc1ccc([C@@H](C2CCOCC2)N2CCNCC2)cc1. The molecule has 0 radical (unpaired) electrons. The lowest BCUT2D eigenvalue weighted by atomic mass is 9.85. The topological polar surface area (TPSA) is 24.5 Å². The monoisotopic (exact) mass is 350 g/mol. The molecule has 2 heterocycles. The van der Waals surface area contributed by atoms with E-state index in [2.05, 4.69) is 10.2 Å². The molecule has 1 aromatic carbocycles. The first kappa shape index (κ1) is 19.7. The Bertz CT molecular complexity index is 403. The Balaban J connectivity index is 0.00000121. The van der Waals surface area contributed by atoms with Crippen LogP contribution in [0.3, 0.4) is 0 Å². The molecule has 126 valence electrons. The smallest absolute Gasteiger partial charge is 0.123 e. The van der Waals surface area contributed by atoms with Gasteiger partial charge in [0.2, 0.25) is 0 Å². The fourth-order valence-electron chi connectivity index (χ4n) is 3.43. The van der Waals surface area contributed by atoms with Crippen LogP contribution in [0, 0.1) is 11.7 Å². The Morgan fingerprint density at radius 2 is 1.64 bits per heavy atom. The van der Waals surface area contributed by atoms with Crippen LogP contribution in [0.5, 0.6) is 0 Å². The molecule has 0 aromatic heterocycles. The van der Waals surface area contributed by atoms with E-state index in [-0.39, 0.29) is 30.6 Å². The molecule has 2 aliphatic heterocycles. The number of rotatable bonds is 3. The summed E-state index contributed by atoms with van der Waals surface area (Å²) in [7, 11) is 0. The summed E-state index contributed by atoms with van der Waals surface area (Å²) in [5, 5.41) is 3.41. The van der Waals surface area contributed by atoms with Gasteiger partial charge in [-0.15, -0.1) is 24.8 Å². The summed E-state index contributed by atoms with van der Waals surface area (Å²) in [4.78, 5) is 2.56. The van der Waals surface area contributed by atoms with Crippen molar-refractivity contribution >= 4 is 24.8 Å². The van der Waals surface area contributed by atoms with Crippen LogP contribution < -0.4 is 5.32 Å². The van der Waals surface area contributed by atoms with Crippen molar-refractivity contribution in [1.82, 2.24) is 10.2 Å².